The minimum Gasteiger partial charge on any atom is -0.395 e. The Morgan fingerprint density at radius 2 is 2.27 bits per heavy atom. The second-order valence-corrected chi connectivity index (χ2v) is 4.65. The van der Waals surface area contributed by atoms with Crippen LogP contribution in [0, 0.1) is 3.57 Å². The molecular weight excluding hydrogens is 328 g/mol. The zero-order valence-corrected chi connectivity index (χ0v) is 11.1. The number of rotatable bonds is 3. The topological polar surface area (TPSA) is 40.5 Å². The summed E-state index contributed by atoms with van der Waals surface area (Å²) in [6.45, 7) is 0.297. The summed E-state index contributed by atoms with van der Waals surface area (Å²) in [5.41, 5.74) is 0.583. The van der Waals surface area contributed by atoms with E-state index in [2.05, 4.69) is 22.6 Å². The summed E-state index contributed by atoms with van der Waals surface area (Å²) in [5.74, 6) is -0.112. The van der Waals surface area contributed by atoms with E-state index in [-0.39, 0.29) is 12.5 Å². The highest BCUT2D eigenvalue weighted by molar-refractivity contribution is 14.1. The lowest BCUT2D eigenvalue weighted by atomic mass is 10.2. The molecule has 0 heterocycles. The maximum atomic E-state index is 11.8. The molecule has 1 amide bonds. The number of hydrogen-bond acceptors (Lipinski definition) is 2. The number of benzene rings is 1. The van der Waals surface area contributed by atoms with Crippen LogP contribution in [-0.2, 0) is 0 Å². The zero-order chi connectivity index (χ0) is 11.4. The van der Waals surface area contributed by atoms with E-state index in [4.69, 9.17) is 16.7 Å². The van der Waals surface area contributed by atoms with Crippen LogP contribution in [0.1, 0.15) is 10.4 Å². The number of amides is 1. The third kappa shape index (κ3) is 3.32. The van der Waals surface area contributed by atoms with Crippen molar-refractivity contribution in [2.75, 3.05) is 20.2 Å². The first-order chi connectivity index (χ1) is 7.06. The summed E-state index contributed by atoms with van der Waals surface area (Å²) < 4.78 is 0.845. The third-order valence-electron chi connectivity index (χ3n) is 1.95. The Kier molecular flexibility index (Phi) is 4.82. The molecule has 0 aromatic heterocycles. The fourth-order valence-corrected chi connectivity index (χ4v) is 1.73. The van der Waals surface area contributed by atoms with Crippen molar-refractivity contribution in [1.29, 1.82) is 0 Å². The largest absolute Gasteiger partial charge is 0.395 e. The van der Waals surface area contributed by atoms with Crippen LogP contribution in [0.25, 0.3) is 0 Å². The van der Waals surface area contributed by atoms with Crippen LogP contribution in [0.15, 0.2) is 18.2 Å². The Morgan fingerprint density at radius 3 is 2.80 bits per heavy atom. The molecule has 1 N–H and O–H groups in total. The summed E-state index contributed by atoms with van der Waals surface area (Å²) in [6.07, 6.45) is 0. The molecule has 0 bridgehead atoms. The van der Waals surface area contributed by atoms with Gasteiger partial charge < -0.3 is 10.0 Å². The summed E-state index contributed by atoms with van der Waals surface area (Å²) in [7, 11) is 1.65. The Hall–Kier alpha value is -0.330. The third-order valence-corrected chi connectivity index (χ3v) is 3.49. The van der Waals surface area contributed by atoms with Crippen molar-refractivity contribution in [3.63, 3.8) is 0 Å². The minimum atomic E-state index is -0.112. The standard InChI is InChI=1S/C10H11ClINO2/c1-13(4-5-14)10(15)7-2-3-8(11)9(12)6-7/h2-3,6,14H,4-5H2,1H3. The van der Waals surface area contributed by atoms with Crippen LogP contribution in [0.5, 0.6) is 0 Å². The first kappa shape index (κ1) is 12.7. The van der Waals surface area contributed by atoms with Crippen LogP contribution in [-0.4, -0.2) is 36.1 Å². The summed E-state index contributed by atoms with van der Waals surface area (Å²) in [4.78, 5) is 13.2. The zero-order valence-electron chi connectivity index (χ0n) is 8.20. The molecule has 0 saturated carbocycles. The van der Waals surface area contributed by atoms with Gasteiger partial charge in [0.15, 0.2) is 0 Å². The quantitative estimate of drug-likeness (QED) is 0.856. The maximum absolute atomic E-state index is 11.8. The fraction of sp³-hybridized carbons (Fsp3) is 0.300. The van der Waals surface area contributed by atoms with E-state index in [1.54, 1.807) is 25.2 Å². The summed E-state index contributed by atoms with van der Waals surface area (Å²) in [6, 6.07) is 5.11. The average molecular weight is 340 g/mol. The van der Waals surface area contributed by atoms with Gasteiger partial charge in [0.1, 0.15) is 0 Å². The normalized spacial score (nSPS) is 10.1. The summed E-state index contributed by atoms with van der Waals surface area (Å²) >= 11 is 7.93. The molecule has 0 unspecified atom stereocenters. The van der Waals surface area contributed by atoms with Crippen LogP contribution >= 0.6 is 34.2 Å². The predicted molar refractivity (Wildman–Crippen MR) is 68.2 cm³/mol. The van der Waals surface area contributed by atoms with Gasteiger partial charge in [-0.25, -0.2) is 0 Å². The molecule has 1 aromatic carbocycles. The minimum absolute atomic E-state index is 0.0348. The van der Waals surface area contributed by atoms with Crippen molar-refractivity contribution >= 4 is 40.1 Å². The highest BCUT2D eigenvalue weighted by Gasteiger charge is 2.11. The number of carbonyl (C=O) groups is 1. The number of likely N-dealkylation sites (N-methyl/N-ethyl adjacent to an activating group) is 1. The van der Waals surface area contributed by atoms with Crippen LogP contribution in [0.4, 0.5) is 0 Å². The van der Waals surface area contributed by atoms with Crippen molar-refractivity contribution in [2.45, 2.75) is 0 Å². The Morgan fingerprint density at radius 1 is 1.60 bits per heavy atom. The highest BCUT2D eigenvalue weighted by atomic mass is 127. The highest BCUT2D eigenvalue weighted by Crippen LogP contribution is 2.19. The van der Waals surface area contributed by atoms with Crippen molar-refractivity contribution in [1.82, 2.24) is 4.90 Å². The van der Waals surface area contributed by atoms with Crippen molar-refractivity contribution in [2.24, 2.45) is 0 Å². The van der Waals surface area contributed by atoms with E-state index in [1.165, 1.54) is 4.90 Å². The second-order valence-electron chi connectivity index (χ2n) is 3.08. The number of aliphatic hydroxyl groups excluding tert-OH is 1. The van der Waals surface area contributed by atoms with E-state index in [0.29, 0.717) is 17.1 Å². The van der Waals surface area contributed by atoms with Gasteiger partial charge in [-0.3, -0.25) is 4.79 Å². The molecule has 1 rings (SSSR count). The van der Waals surface area contributed by atoms with Gasteiger partial charge in [-0.2, -0.15) is 0 Å². The van der Waals surface area contributed by atoms with Gasteiger partial charge in [-0.05, 0) is 40.8 Å². The lowest BCUT2D eigenvalue weighted by Crippen LogP contribution is -2.29. The molecule has 3 nitrogen and oxygen atoms in total. The summed E-state index contributed by atoms with van der Waals surface area (Å²) in [5, 5.41) is 9.35. The van der Waals surface area contributed by atoms with Crippen molar-refractivity contribution in [3.8, 4) is 0 Å². The van der Waals surface area contributed by atoms with Gasteiger partial charge in [0, 0.05) is 22.7 Å². The number of aliphatic hydroxyl groups is 1. The molecular formula is C10H11ClINO2. The first-order valence-corrected chi connectivity index (χ1v) is 5.83. The van der Waals surface area contributed by atoms with Crippen LogP contribution < -0.4 is 0 Å². The van der Waals surface area contributed by atoms with Gasteiger partial charge in [0.05, 0.1) is 11.6 Å². The molecule has 0 saturated heterocycles. The number of nitrogens with zero attached hydrogens (tertiary/aromatic N) is 1. The monoisotopic (exact) mass is 339 g/mol. The molecule has 5 heteroatoms. The van der Waals surface area contributed by atoms with Gasteiger partial charge in [0.2, 0.25) is 0 Å². The SMILES string of the molecule is CN(CCO)C(=O)c1ccc(Cl)c(I)c1. The molecule has 1 aromatic rings. The van der Waals surface area contributed by atoms with Gasteiger partial charge in [0.25, 0.3) is 5.91 Å². The molecule has 82 valence electrons. The molecule has 0 fully saturated rings. The van der Waals surface area contributed by atoms with E-state index >= 15 is 0 Å². The molecule has 15 heavy (non-hydrogen) atoms. The van der Waals surface area contributed by atoms with Crippen molar-refractivity contribution in [3.05, 3.63) is 32.4 Å². The number of carbonyl (C=O) groups excluding carboxylic acids is 1. The average Bonchev–Trinajstić information content (AvgIpc) is 2.21. The second kappa shape index (κ2) is 5.67. The van der Waals surface area contributed by atoms with E-state index in [0.717, 1.165) is 3.57 Å². The number of halogens is 2. The molecule has 0 aliphatic rings. The maximum Gasteiger partial charge on any atom is 0.253 e. The predicted octanol–water partition coefficient (Wildman–Crippen LogP) is 2.01. The fourth-order valence-electron chi connectivity index (χ4n) is 1.10. The van der Waals surface area contributed by atoms with Gasteiger partial charge in [-0.1, -0.05) is 11.6 Å². The molecule has 0 atom stereocenters. The Balaban J connectivity index is 2.87. The number of hydrogen-bond donors (Lipinski definition) is 1. The van der Waals surface area contributed by atoms with E-state index in [1.807, 2.05) is 0 Å². The Labute approximate surface area is 107 Å². The van der Waals surface area contributed by atoms with E-state index < -0.39 is 0 Å². The molecule has 0 radical (unpaired) electrons. The molecule has 0 spiro atoms. The smallest absolute Gasteiger partial charge is 0.253 e. The Bertz CT molecular complexity index is 370. The van der Waals surface area contributed by atoms with Crippen LogP contribution in [0.3, 0.4) is 0 Å². The van der Waals surface area contributed by atoms with E-state index in [9.17, 15) is 4.79 Å². The van der Waals surface area contributed by atoms with Crippen LogP contribution in [0.2, 0.25) is 5.02 Å². The first-order valence-electron chi connectivity index (χ1n) is 4.37. The molecule has 0 aliphatic carbocycles. The van der Waals surface area contributed by atoms with Gasteiger partial charge >= 0.3 is 0 Å². The van der Waals surface area contributed by atoms with Crippen molar-refractivity contribution < 1.29 is 9.90 Å². The van der Waals surface area contributed by atoms with Gasteiger partial charge in [-0.15, -0.1) is 0 Å². The lowest BCUT2D eigenvalue weighted by Gasteiger charge is -2.15. The molecule has 0 aliphatic heterocycles. The lowest BCUT2D eigenvalue weighted by molar-refractivity contribution is 0.0767.